The third kappa shape index (κ3) is 2.09. The first-order valence-corrected chi connectivity index (χ1v) is 8.00. The van der Waals surface area contributed by atoms with Gasteiger partial charge in [-0.1, -0.05) is 6.92 Å². The Balaban J connectivity index is 1.94. The van der Waals surface area contributed by atoms with Crippen molar-refractivity contribution in [2.75, 3.05) is 0 Å². The topological polar surface area (TPSA) is 80.4 Å². The number of carboxylic acid groups (broad SMARTS) is 1. The summed E-state index contributed by atoms with van der Waals surface area (Å²) < 4.78 is 1.64. The zero-order chi connectivity index (χ0) is 15.3. The van der Waals surface area contributed by atoms with Crippen LogP contribution in [0.2, 0.25) is 0 Å². The second kappa shape index (κ2) is 4.88. The zero-order valence-electron chi connectivity index (χ0n) is 12.0. The maximum absolute atomic E-state index is 10.6. The van der Waals surface area contributed by atoms with Crippen molar-refractivity contribution < 1.29 is 9.90 Å². The first-order valence-electron chi connectivity index (χ1n) is 7.18. The number of carboxylic acids is 1. The number of thiophene rings is 1. The van der Waals surface area contributed by atoms with Crippen molar-refractivity contribution in [3.8, 4) is 0 Å². The fourth-order valence-corrected chi connectivity index (χ4v) is 4.16. The summed E-state index contributed by atoms with van der Waals surface area (Å²) in [6.07, 6.45) is 7.46. The van der Waals surface area contributed by atoms with E-state index in [4.69, 9.17) is 5.11 Å². The first kappa shape index (κ1) is 13.4. The number of carbonyl (C=O) groups is 1. The highest BCUT2D eigenvalue weighted by Crippen LogP contribution is 2.38. The molecule has 4 rings (SSSR count). The molecule has 0 amide bonds. The summed E-state index contributed by atoms with van der Waals surface area (Å²) in [6, 6.07) is 0. The molecule has 0 aromatic carbocycles. The van der Waals surface area contributed by atoms with Gasteiger partial charge < -0.3 is 5.11 Å². The lowest BCUT2D eigenvalue weighted by Crippen LogP contribution is -2.09. The minimum absolute atomic E-state index is 0.389. The maximum Gasteiger partial charge on any atom is 0.328 e. The Hall–Kier alpha value is -2.28. The molecule has 0 spiro atoms. The van der Waals surface area contributed by atoms with E-state index in [-0.39, 0.29) is 0 Å². The fourth-order valence-electron chi connectivity index (χ4n) is 2.98. The number of aliphatic carboxylic acids is 1. The van der Waals surface area contributed by atoms with Crippen LogP contribution in [0.15, 0.2) is 12.4 Å². The number of hydrogen-bond acceptors (Lipinski definition) is 5. The molecular formula is C15H14N4O2S. The number of nitrogens with zero attached hydrogens (tertiary/aromatic N) is 4. The number of aromatic nitrogens is 4. The highest BCUT2D eigenvalue weighted by Gasteiger charge is 2.23. The number of rotatable bonds is 2. The van der Waals surface area contributed by atoms with Crippen molar-refractivity contribution in [3.05, 3.63) is 28.7 Å². The molecule has 0 saturated carbocycles. The number of fused-ring (bicyclic) bond motifs is 5. The molecule has 1 aliphatic rings. The molecule has 0 radical (unpaired) electrons. The molecule has 0 saturated heterocycles. The second-order valence-electron chi connectivity index (χ2n) is 5.69. The van der Waals surface area contributed by atoms with Gasteiger partial charge in [-0.05, 0) is 36.8 Å². The van der Waals surface area contributed by atoms with Gasteiger partial charge in [-0.2, -0.15) is 0 Å². The molecule has 112 valence electrons. The van der Waals surface area contributed by atoms with Gasteiger partial charge in [0.1, 0.15) is 11.2 Å². The van der Waals surface area contributed by atoms with E-state index in [1.807, 2.05) is 0 Å². The van der Waals surface area contributed by atoms with Crippen LogP contribution in [0.3, 0.4) is 0 Å². The highest BCUT2D eigenvalue weighted by atomic mass is 32.1. The van der Waals surface area contributed by atoms with Gasteiger partial charge in [-0.3, -0.25) is 0 Å². The molecule has 7 heteroatoms. The van der Waals surface area contributed by atoms with Crippen LogP contribution in [0.5, 0.6) is 0 Å². The molecular weight excluding hydrogens is 300 g/mol. The van der Waals surface area contributed by atoms with E-state index in [1.165, 1.54) is 22.9 Å². The standard InChI is InChI=1S/C15H14N4O2S/c1-8-2-3-10-9(6-8)13-14-17-11(4-5-12(20)21)18-19(14)7-16-15(13)22-10/h4-5,7-8H,2-3,6H2,1H3,(H,20,21). The van der Waals surface area contributed by atoms with Gasteiger partial charge >= 0.3 is 5.97 Å². The molecule has 6 nitrogen and oxygen atoms in total. The van der Waals surface area contributed by atoms with Crippen molar-refractivity contribution in [1.82, 2.24) is 19.6 Å². The van der Waals surface area contributed by atoms with Crippen molar-refractivity contribution in [2.45, 2.75) is 26.2 Å². The van der Waals surface area contributed by atoms with Crippen molar-refractivity contribution in [2.24, 2.45) is 5.92 Å². The Kier molecular flexibility index (Phi) is 2.97. The molecule has 1 unspecified atom stereocenters. The number of hydrogen-bond donors (Lipinski definition) is 1. The van der Waals surface area contributed by atoms with Gasteiger partial charge in [0.15, 0.2) is 11.5 Å². The smallest absolute Gasteiger partial charge is 0.328 e. The van der Waals surface area contributed by atoms with E-state index in [0.717, 1.165) is 34.8 Å². The second-order valence-corrected chi connectivity index (χ2v) is 6.77. The van der Waals surface area contributed by atoms with Crippen LogP contribution in [0.4, 0.5) is 0 Å². The van der Waals surface area contributed by atoms with Crippen LogP contribution in [0, 0.1) is 5.92 Å². The molecule has 0 aliphatic heterocycles. The van der Waals surface area contributed by atoms with Crippen molar-refractivity contribution >= 4 is 39.2 Å². The van der Waals surface area contributed by atoms with Crippen LogP contribution in [-0.2, 0) is 17.6 Å². The third-order valence-electron chi connectivity index (χ3n) is 4.02. The van der Waals surface area contributed by atoms with Gasteiger partial charge in [-0.15, -0.1) is 16.4 Å². The van der Waals surface area contributed by atoms with Gasteiger partial charge in [0.25, 0.3) is 0 Å². The van der Waals surface area contributed by atoms with E-state index in [2.05, 4.69) is 22.0 Å². The van der Waals surface area contributed by atoms with E-state index >= 15 is 0 Å². The fraction of sp³-hybridized carbons (Fsp3) is 0.333. The van der Waals surface area contributed by atoms with Crippen molar-refractivity contribution in [3.63, 3.8) is 0 Å². The highest BCUT2D eigenvalue weighted by molar-refractivity contribution is 7.19. The van der Waals surface area contributed by atoms with Crippen LogP contribution in [-0.4, -0.2) is 30.7 Å². The molecule has 3 heterocycles. The molecule has 0 fully saturated rings. The average molecular weight is 314 g/mol. The summed E-state index contributed by atoms with van der Waals surface area (Å²) in [5, 5.41) is 14.1. The van der Waals surface area contributed by atoms with Crippen LogP contribution >= 0.6 is 11.3 Å². The van der Waals surface area contributed by atoms with Gasteiger partial charge in [0, 0.05) is 11.0 Å². The quantitative estimate of drug-likeness (QED) is 0.735. The molecule has 1 aliphatic carbocycles. The Morgan fingerprint density at radius 3 is 3.23 bits per heavy atom. The minimum atomic E-state index is -1.01. The Morgan fingerprint density at radius 2 is 2.41 bits per heavy atom. The summed E-state index contributed by atoms with van der Waals surface area (Å²) in [5.74, 6) is 0.0456. The molecule has 1 atom stereocenters. The predicted octanol–water partition coefficient (Wildman–Crippen LogP) is 2.56. The van der Waals surface area contributed by atoms with Crippen molar-refractivity contribution in [1.29, 1.82) is 0 Å². The SMILES string of the molecule is CC1CCc2sc3ncn4nc(C=CC(=O)O)nc4c3c2C1. The molecule has 1 N–H and O–H groups in total. The third-order valence-corrected chi connectivity index (χ3v) is 5.22. The summed E-state index contributed by atoms with van der Waals surface area (Å²) in [4.78, 5) is 22.0. The Morgan fingerprint density at radius 1 is 1.55 bits per heavy atom. The maximum atomic E-state index is 10.6. The van der Waals surface area contributed by atoms with E-state index < -0.39 is 5.97 Å². The minimum Gasteiger partial charge on any atom is -0.478 e. The largest absolute Gasteiger partial charge is 0.478 e. The van der Waals surface area contributed by atoms with Gasteiger partial charge in [0.05, 0.1) is 5.39 Å². The lowest BCUT2D eigenvalue weighted by atomic mass is 9.89. The normalized spacial score (nSPS) is 18.3. The first-order chi connectivity index (χ1) is 10.6. The number of aryl methyl sites for hydroxylation is 1. The summed E-state index contributed by atoms with van der Waals surface area (Å²) in [6.45, 7) is 2.27. The van der Waals surface area contributed by atoms with E-state index in [9.17, 15) is 4.79 Å². The van der Waals surface area contributed by atoms with Gasteiger partial charge in [0.2, 0.25) is 0 Å². The van der Waals surface area contributed by atoms with E-state index in [1.54, 1.807) is 22.2 Å². The summed E-state index contributed by atoms with van der Waals surface area (Å²) in [7, 11) is 0. The summed E-state index contributed by atoms with van der Waals surface area (Å²) in [5.41, 5.74) is 2.11. The lowest BCUT2D eigenvalue weighted by molar-refractivity contribution is -0.131. The zero-order valence-corrected chi connectivity index (χ0v) is 12.8. The lowest BCUT2D eigenvalue weighted by Gasteiger charge is -2.17. The van der Waals surface area contributed by atoms with Crippen LogP contribution in [0.25, 0.3) is 21.9 Å². The Labute approximate surface area is 130 Å². The van der Waals surface area contributed by atoms with E-state index in [0.29, 0.717) is 11.7 Å². The Bertz CT molecular complexity index is 925. The van der Waals surface area contributed by atoms with Crippen LogP contribution in [0.1, 0.15) is 29.6 Å². The molecule has 0 bridgehead atoms. The summed E-state index contributed by atoms with van der Waals surface area (Å²) >= 11 is 1.74. The van der Waals surface area contributed by atoms with Gasteiger partial charge in [-0.25, -0.2) is 19.3 Å². The molecule has 22 heavy (non-hydrogen) atoms. The predicted molar refractivity (Wildman–Crippen MR) is 84.0 cm³/mol. The van der Waals surface area contributed by atoms with Crippen LogP contribution < -0.4 is 0 Å². The molecule has 3 aromatic rings. The average Bonchev–Trinajstić information content (AvgIpc) is 3.04. The monoisotopic (exact) mass is 314 g/mol. The molecule has 3 aromatic heterocycles.